The van der Waals surface area contributed by atoms with Crippen LogP contribution in [-0.4, -0.2) is 24.2 Å². The highest BCUT2D eigenvalue weighted by molar-refractivity contribution is 8.05. The van der Waals surface area contributed by atoms with Crippen molar-refractivity contribution >= 4 is 29.3 Å². The summed E-state index contributed by atoms with van der Waals surface area (Å²) in [6.07, 6.45) is 0.311. The minimum Gasteiger partial charge on any atom is -0.497 e. The molecule has 28 heavy (non-hydrogen) atoms. The van der Waals surface area contributed by atoms with Crippen LogP contribution in [0.5, 0.6) is 5.75 Å². The van der Waals surface area contributed by atoms with Crippen LogP contribution in [0.2, 0.25) is 0 Å². The fourth-order valence-electron chi connectivity index (χ4n) is 2.82. The number of thioether (sulfide) groups is 1. The number of carbonyl (C=O) groups is 2. The van der Waals surface area contributed by atoms with Gasteiger partial charge in [0, 0.05) is 6.07 Å². The zero-order chi connectivity index (χ0) is 20.3. The fraction of sp³-hybridized carbons (Fsp3) is 0.150. The number of carbonyl (C=O) groups excluding carboxylic acids is 2. The lowest BCUT2D eigenvalue weighted by Gasteiger charge is -2.18. The van der Waals surface area contributed by atoms with Crippen LogP contribution >= 0.6 is 11.8 Å². The van der Waals surface area contributed by atoms with E-state index in [0.717, 1.165) is 17.3 Å². The molecule has 0 aromatic heterocycles. The molecule has 1 saturated heterocycles. The second-order valence-electron chi connectivity index (χ2n) is 5.97. The number of halogens is 1. The summed E-state index contributed by atoms with van der Waals surface area (Å²) in [5, 5.41) is 8.98. The second kappa shape index (κ2) is 8.15. The van der Waals surface area contributed by atoms with E-state index in [1.165, 1.54) is 24.1 Å². The molecule has 142 valence electrons. The van der Waals surface area contributed by atoms with Crippen LogP contribution in [0, 0.1) is 17.1 Å². The average Bonchev–Trinajstić information content (AvgIpc) is 3.00. The van der Waals surface area contributed by atoms with Crippen LogP contribution in [-0.2, 0) is 16.0 Å². The van der Waals surface area contributed by atoms with Gasteiger partial charge in [-0.1, -0.05) is 30.0 Å². The Morgan fingerprint density at radius 2 is 2.04 bits per heavy atom. The average molecular weight is 397 g/mol. The number of hydrogen-bond acceptors (Lipinski definition) is 5. The molecule has 3 rings (SSSR count). The SMILES string of the molecule is COc1cccc(N2C(=O)C(Cc3ccc(F)cc3)SC2=C(C#N)C(N)=O)c1. The van der Waals surface area contributed by atoms with Gasteiger partial charge >= 0.3 is 0 Å². The molecule has 2 N–H and O–H groups in total. The first-order valence-electron chi connectivity index (χ1n) is 8.28. The molecule has 0 saturated carbocycles. The van der Waals surface area contributed by atoms with Gasteiger partial charge in [0.15, 0.2) is 0 Å². The lowest BCUT2D eigenvalue weighted by molar-refractivity contribution is -0.117. The van der Waals surface area contributed by atoms with Crippen molar-refractivity contribution < 1.29 is 18.7 Å². The molecular formula is C20H16FN3O3S. The van der Waals surface area contributed by atoms with Crippen LogP contribution < -0.4 is 15.4 Å². The van der Waals surface area contributed by atoms with E-state index in [9.17, 15) is 19.2 Å². The summed E-state index contributed by atoms with van der Waals surface area (Å²) in [5.74, 6) is -1.05. The highest BCUT2D eigenvalue weighted by Gasteiger charge is 2.40. The van der Waals surface area contributed by atoms with Crippen molar-refractivity contribution in [2.24, 2.45) is 5.73 Å². The molecule has 1 heterocycles. The maximum absolute atomic E-state index is 13.1. The van der Waals surface area contributed by atoms with Crippen molar-refractivity contribution in [1.29, 1.82) is 5.26 Å². The zero-order valence-electron chi connectivity index (χ0n) is 14.9. The Morgan fingerprint density at radius 1 is 1.32 bits per heavy atom. The van der Waals surface area contributed by atoms with Gasteiger partial charge in [-0.3, -0.25) is 14.5 Å². The van der Waals surface area contributed by atoms with Gasteiger partial charge in [0.05, 0.1) is 18.0 Å². The minimum absolute atomic E-state index is 0.181. The highest BCUT2D eigenvalue weighted by atomic mass is 32.2. The smallest absolute Gasteiger partial charge is 0.262 e. The number of hydrogen-bond donors (Lipinski definition) is 1. The number of amides is 2. The Bertz CT molecular complexity index is 999. The number of anilines is 1. The van der Waals surface area contributed by atoms with E-state index in [1.54, 1.807) is 42.5 Å². The van der Waals surface area contributed by atoms with Crippen LogP contribution in [0.4, 0.5) is 10.1 Å². The van der Waals surface area contributed by atoms with Gasteiger partial charge in [0.25, 0.3) is 5.91 Å². The molecule has 0 radical (unpaired) electrons. The number of ether oxygens (including phenoxy) is 1. The normalized spacial score (nSPS) is 18.0. The molecule has 1 fully saturated rings. The number of methoxy groups -OCH3 is 1. The Labute approximate surface area is 165 Å². The lowest BCUT2D eigenvalue weighted by Crippen LogP contribution is -2.31. The highest BCUT2D eigenvalue weighted by Crippen LogP contribution is 2.42. The fourth-order valence-corrected chi connectivity index (χ4v) is 4.13. The number of nitriles is 1. The maximum atomic E-state index is 13.1. The predicted octanol–water partition coefficient (Wildman–Crippen LogP) is 2.75. The molecular weight excluding hydrogens is 381 g/mol. The molecule has 2 aromatic rings. The standard InChI is InChI=1S/C20H16FN3O3S/c1-27-15-4-2-3-14(10-15)24-19(26)17(9-12-5-7-13(21)8-6-12)28-20(24)16(11-22)18(23)25/h2-8,10,17H,9H2,1H3,(H2,23,25). The third kappa shape index (κ3) is 3.85. The largest absolute Gasteiger partial charge is 0.497 e. The molecule has 0 spiro atoms. The Morgan fingerprint density at radius 3 is 2.64 bits per heavy atom. The molecule has 2 aromatic carbocycles. The van der Waals surface area contributed by atoms with Crippen LogP contribution in [0.3, 0.4) is 0 Å². The molecule has 2 amide bonds. The quantitative estimate of drug-likeness (QED) is 0.618. The molecule has 8 heteroatoms. The van der Waals surface area contributed by atoms with E-state index in [0.29, 0.717) is 17.9 Å². The van der Waals surface area contributed by atoms with Gasteiger partial charge in [-0.15, -0.1) is 0 Å². The molecule has 1 atom stereocenters. The first kappa shape index (κ1) is 19.5. The van der Waals surface area contributed by atoms with Crippen LogP contribution in [0.25, 0.3) is 0 Å². The van der Waals surface area contributed by atoms with Crippen molar-refractivity contribution in [3.05, 3.63) is 70.5 Å². The van der Waals surface area contributed by atoms with Gasteiger partial charge in [0.2, 0.25) is 5.91 Å². The summed E-state index contributed by atoms with van der Waals surface area (Å²) < 4.78 is 18.3. The van der Waals surface area contributed by atoms with Crippen molar-refractivity contribution in [2.45, 2.75) is 11.7 Å². The number of primary amides is 1. The van der Waals surface area contributed by atoms with Crippen LogP contribution in [0.1, 0.15) is 5.56 Å². The summed E-state index contributed by atoms with van der Waals surface area (Å²) >= 11 is 1.09. The summed E-state index contributed by atoms with van der Waals surface area (Å²) in [4.78, 5) is 26.2. The maximum Gasteiger partial charge on any atom is 0.262 e. The first-order chi connectivity index (χ1) is 13.4. The van der Waals surface area contributed by atoms with Crippen molar-refractivity contribution in [3.8, 4) is 11.8 Å². The van der Waals surface area contributed by atoms with E-state index < -0.39 is 11.2 Å². The summed E-state index contributed by atoms with van der Waals surface area (Å²) in [6.45, 7) is 0. The van der Waals surface area contributed by atoms with Gasteiger partial charge < -0.3 is 10.5 Å². The number of nitrogens with two attached hydrogens (primary N) is 1. The zero-order valence-corrected chi connectivity index (χ0v) is 15.7. The topological polar surface area (TPSA) is 96.4 Å². The van der Waals surface area contributed by atoms with E-state index in [2.05, 4.69) is 0 Å². The van der Waals surface area contributed by atoms with Gasteiger partial charge in [-0.25, -0.2) is 4.39 Å². The monoisotopic (exact) mass is 397 g/mol. The van der Waals surface area contributed by atoms with E-state index in [-0.39, 0.29) is 22.3 Å². The van der Waals surface area contributed by atoms with E-state index in [1.807, 2.05) is 0 Å². The van der Waals surface area contributed by atoms with E-state index in [4.69, 9.17) is 10.5 Å². The lowest BCUT2D eigenvalue weighted by atomic mass is 10.1. The first-order valence-corrected chi connectivity index (χ1v) is 9.16. The molecule has 0 bridgehead atoms. The summed E-state index contributed by atoms with van der Waals surface area (Å²) in [5.41, 5.74) is 6.28. The number of rotatable bonds is 5. The second-order valence-corrected chi connectivity index (χ2v) is 7.16. The predicted molar refractivity (Wildman–Crippen MR) is 104 cm³/mol. The molecule has 6 nitrogen and oxygen atoms in total. The molecule has 0 aliphatic carbocycles. The third-order valence-electron chi connectivity index (χ3n) is 4.17. The molecule has 1 unspecified atom stereocenters. The molecule has 1 aliphatic rings. The molecule has 1 aliphatic heterocycles. The van der Waals surface area contributed by atoms with E-state index >= 15 is 0 Å². The summed E-state index contributed by atoms with van der Waals surface area (Å²) in [6, 6.07) is 14.4. The summed E-state index contributed by atoms with van der Waals surface area (Å²) in [7, 11) is 1.50. The third-order valence-corrected chi connectivity index (χ3v) is 5.43. The van der Waals surface area contributed by atoms with Gasteiger partial charge in [-0.05, 0) is 36.2 Å². The Kier molecular flexibility index (Phi) is 5.66. The Balaban J connectivity index is 2.03. The van der Waals surface area contributed by atoms with Gasteiger partial charge in [0.1, 0.15) is 28.2 Å². The van der Waals surface area contributed by atoms with Crippen LogP contribution in [0.15, 0.2) is 59.1 Å². The van der Waals surface area contributed by atoms with Crippen molar-refractivity contribution in [2.75, 3.05) is 12.0 Å². The van der Waals surface area contributed by atoms with Gasteiger partial charge in [-0.2, -0.15) is 5.26 Å². The van der Waals surface area contributed by atoms with Crippen molar-refractivity contribution in [1.82, 2.24) is 0 Å². The minimum atomic E-state index is -0.909. The van der Waals surface area contributed by atoms with Crippen molar-refractivity contribution in [3.63, 3.8) is 0 Å². The number of nitrogens with zero attached hydrogens (tertiary/aromatic N) is 2. The Hall–Kier alpha value is -3.31. The number of benzene rings is 2.